The van der Waals surface area contributed by atoms with E-state index in [1.54, 1.807) is 25.4 Å². The molecule has 0 aliphatic heterocycles. The molecule has 2 heterocycles. The summed E-state index contributed by atoms with van der Waals surface area (Å²) in [5, 5.41) is 10.4. The topological polar surface area (TPSA) is 72.7 Å². The summed E-state index contributed by atoms with van der Waals surface area (Å²) in [5.41, 5.74) is 0.304. The number of aryl methyl sites for hydroxylation is 1. The van der Waals surface area contributed by atoms with Crippen LogP contribution >= 0.6 is 0 Å². The third kappa shape index (κ3) is 2.37. The first-order valence-electron chi connectivity index (χ1n) is 5.84. The standard InChI is InChI=1S/C12H15N5O/c1-3-4-10-14-7-8-17(10)11-6-5-9(15-16-11)12(18)13-2/h5-8H,3-4H2,1-2H3,(H,13,18). The van der Waals surface area contributed by atoms with Crippen LogP contribution in [0.1, 0.15) is 29.7 Å². The van der Waals surface area contributed by atoms with Crippen LogP contribution in [0.5, 0.6) is 0 Å². The number of nitrogens with one attached hydrogen (secondary N) is 1. The molecule has 2 rings (SSSR count). The van der Waals surface area contributed by atoms with Gasteiger partial charge in [-0.25, -0.2) is 4.98 Å². The van der Waals surface area contributed by atoms with E-state index in [1.807, 2.05) is 10.8 Å². The Kier molecular flexibility index (Phi) is 3.66. The number of amides is 1. The quantitative estimate of drug-likeness (QED) is 0.871. The minimum atomic E-state index is -0.242. The normalized spacial score (nSPS) is 10.3. The Hall–Kier alpha value is -2.24. The average molecular weight is 245 g/mol. The van der Waals surface area contributed by atoms with E-state index >= 15 is 0 Å². The predicted octanol–water partition coefficient (Wildman–Crippen LogP) is 0.974. The summed E-state index contributed by atoms with van der Waals surface area (Å²) >= 11 is 0. The van der Waals surface area contributed by atoms with Gasteiger partial charge in [-0.1, -0.05) is 6.92 Å². The Morgan fingerprint density at radius 3 is 2.83 bits per heavy atom. The van der Waals surface area contributed by atoms with Crippen LogP contribution in [-0.4, -0.2) is 32.7 Å². The van der Waals surface area contributed by atoms with Gasteiger partial charge in [0.2, 0.25) is 0 Å². The van der Waals surface area contributed by atoms with E-state index < -0.39 is 0 Å². The van der Waals surface area contributed by atoms with Crippen LogP contribution in [0.15, 0.2) is 24.5 Å². The van der Waals surface area contributed by atoms with E-state index in [9.17, 15) is 4.79 Å². The largest absolute Gasteiger partial charge is 0.354 e. The van der Waals surface area contributed by atoms with Crippen LogP contribution in [0.2, 0.25) is 0 Å². The molecule has 1 N–H and O–H groups in total. The molecule has 0 unspecified atom stereocenters. The maximum Gasteiger partial charge on any atom is 0.271 e. The van der Waals surface area contributed by atoms with E-state index in [0.29, 0.717) is 11.5 Å². The van der Waals surface area contributed by atoms with Crippen LogP contribution in [-0.2, 0) is 6.42 Å². The van der Waals surface area contributed by atoms with Crippen molar-refractivity contribution in [2.45, 2.75) is 19.8 Å². The van der Waals surface area contributed by atoms with E-state index in [0.717, 1.165) is 18.7 Å². The molecule has 0 bridgehead atoms. The number of carbonyl (C=O) groups is 1. The number of hydrogen-bond acceptors (Lipinski definition) is 4. The molecule has 0 saturated heterocycles. The van der Waals surface area contributed by atoms with Crippen LogP contribution in [0.25, 0.3) is 5.82 Å². The molecule has 94 valence electrons. The molecule has 0 spiro atoms. The second kappa shape index (κ2) is 5.39. The zero-order chi connectivity index (χ0) is 13.0. The molecule has 1 amide bonds. The Labute approximate surface area is 105 Å². The Morgan fingerprint density at radius 2 is 2.22 bits per heavy atom. The number of hydrogen-bond donors (Lipinski definition) is 1. The highest BCUT2D eigenvalue weighted by Crippen LogP contribution is 2.09. The summed E-state index contributed by atoms with van der Waals surface area (Å²) < 4.78 is 1.88. The molecule has 0 fully saturated rings. The van der Waals surface area contributed by atoms with Crippen molar-refractivity contribution in [2.24, 2.45) is 0 Å². The van der Waals surface area contributed by atoms with Gasteiger partial charge in [0.1, 0.15) is 5.82 Å². The van der Waals surface area contributed by atoms with Crippen LogP contribution in [0, 0.1) is 0 Å². The predicted molar refractivity (Wildman–Crippen MR) is 66.5 cm³/mol. The number of carbonyl (C=O) groups excluding carboxylic acids is 1. The smallest absolute Gasteiger partial charge is 0.271 e. The van der Waals surface area contributed by atoms with Crippen molar-refractivity contribution in [3.05, 3.63) is 36.0 Å². The maximum absolute atomic E-state index is 11.3. The third-order valence-electron chi connectivity index (χ3n) is 2.55. The third-order valence-corrected chi connectivity index (χ3v) is 2.55. The van der Waals surface area contributed by atoms with Gasteiger partial charge in [-0.2, -0.15) is 0 Å². The average Bonchev–Trinajstić information content (AvgIpc) is 2.87. The van der Waals surface area contributed by atoms with E-state index in [2.05, 4.69) is 27.4 Å². The minimum Gasteiger partial charge on any atom is -0.354 e. The van der Waals surface area contributed by atoms with Gasteiger partial charge in [-0.15, -0.1) is 10.2 Å². The molecule has 18 heavy (non-hydrogen) atoms. The molecule has 0 aliphatic carbocycles. The monoisotopic (exact) mass is 245 g/mol. The molecule has 6 heteroatoms. The van der Waals surface area contributed by atoms with Gasteiger partial charge < -0.3 is 5.32 Å². The van der Waals surface area contributed by atoms with Gasteiger partial charge in [-0.3, -0.25) is 9.36 Å². The molecule has 6 nitrogen and oxygen atoms in total. The highest BCUT2D eigenvalue weighted by atomic mass is 16.1. The first-order valence-corrected chi connectivity index (χ1v) is 5.84. The van der Waals surface area contributed by atoms with Crippen molar-refractivity contribution in [1.29, 1.82) is 0 Å². The summed E-state index contributed by atoms with van der Waals surface area (Å²) in [6, 6.07) is 3.41. The first kappa shape index (κ1) is 12.2. The molecule has 2 aromatic rings. The van der Waals surface area contributed by atoms with E-state index in [1.165, 1.54) is 0 Å². The van der Waals surface area contributed by atoms with Crippen LogP contribution in [0.4, 0.5) is 0 Å². The van der Waals surface area contributed by atoms with Gasteiger partial charge in [-0.05, 0) is 18.6 Å². The fourth-order valence-electron chi connectivity index (χ4n) is 1.65. The van der Waals surface area contributed by atoms with Crippen LogP contribution in [0.3, 0.4) is 0 Å². The fourth-order valence-corrected chi connectivity index (χ4v) is 1.65. The lowest BCUT2D eigenvalue weighted by molar-refractivity contribution is 0.0957. The molecule has 0 aliphatic rings. The second-order valence-electron chi connectivity index (χ2n) is 3.82. The van der Waals surface area contributed by atoms with E-state index in [4.69, 9.17) is 0 Å². The van der Waals surface area contributed by atoms with Gasteiger partial charge in [0.05, 0.1) is 0 Å². The number of imidazole rings is 1. The first-order chi connectivity index (χ1) is 8.76. The lowest BCUT2D eigenvalue weighted by Crippen LogP contribution is -2.20. The fraction of sp³-hybridized carbons (Fsp3) is 0.333. The lowest BCUT2D eigenvalue weighted by Gasteiger charge is -2.05. The molecule has 0 atom stereocenters. The summed E-state index contributed by atoms with van der Waals surface area (Å²) in [7, 11) is 1.56. The van der Waals surface area contributed by atoms with Crippen LogP contribution < -0.4 is 5.32 Å². The minimum absolute atomic E-state index is 0.242. The van der Waals surface area contributed by atoms with Crippen molar-refractivity contribution >= 4 is 5.91 Å². The van der Waals surface area contributed by atoms with Crippen molar-refractivity contribution in [3.8, 4) is 5.82 Å². The summed E-state index contributed by atoms with van der Waals surface area (Å²) in [5.74, 6) is 1.37. The van der Waals surface area contributed by atoms with Gasteiger partial charge in [0, 0.05) is 25.9 Å². The molecule has 2 aromatic heterocycles. The Bertz CT molecular complexity index is 532. The van der Waals surface area contributed by atoms with Crippen molar-refractivity contribution in [1.82, 2.24) is 25.1 Å². The molecular formula is C12H15N5O. The maximum atomic E-state index is 11.3. The van der Waals surface area contributed by atoms with E-state index in [-0.39, 0.29) is 5.91 Å². The van der Waals surface area contributed by atoms with Crippen molar-refractivity contribution in [3.63, 3.8) is 0 Å². The number of rotatable bonds is 4. The van der Waals surface area contributed by atoms with Crippen molar-refractivity contribution < 1.29 is 4.79 Å². The zero-order valence-corrected chi connectivity index (χ0v) is 10.4. The Balaban J connectivity index is 2.28. The lowest BCUT2D eigenvalue weighted by atomic mass is 10.3. The molecule has 0 radical (unpaired) electrons. The SMILES string of the molecule is CCCc1nccn1-c1ccc(C(=O)NC)nn1. The van der Waals surface area contributed by atoms with Crippen molar-refractivity contribution in [2.75, 3.05) is 7.05 Å². The number of aromatic nitrogens is 4. The summed E-state index contributed by atoms with van der Waals surface area (Å²) in [6.45, 7) is 2.10. The highest BCUT2D eigenvalue weighted by molar-refractivity contribution is 5.91. The highest BCUT2D eigenvalue weighted by Gasteiger charge is 2.08. The zero-order valence-electron chi connectivity index (χ0n) is 10.4. The second-order valence-corrected chi connectivity index (χ2v) is 3.82. The Morgan fingerprint density at radius 1 is 1.39 bits per heavy atom. The molecule has 0 saturated carbocycles. The summed E-state index contributed by atoms with van der Waals surface area (Å²) in [4.78, 5) is 15.6. The van der Waals surface area contributed by atoms with Gasteiger partial charge in [0.15, 0.2) is 11.5 Å². The van der Waals surface area contributed by atoms with Gasteiger partial charge in [0.25, 0.3) is 5.91 Å². The number of nitrogens with zero attached hydrogens (tertiary/aromatic N) is 4. The summed E-state index contributed by atoms with van der Waals surface area (Å²) in [6.07, 6.45) is 5.47. The molecular weight excluding hydrogens is 230 g/mol. The molecule has 0 aromatic carbocycles. The van der Waals surface area contributed by atoms with Gasteiger partial charge >= 0.3 is 0 Å².